The van der Waals surface area contributed by atoms with Gasteiger partial charge >= 0.3 is 0 Å². The zero-order valence-corrected chi connectivity index (χ0v) is 22.5. The van der Waals surface area contributed by atoms with Gasteiger partial charge in [-0.25, -0.2) is 0 Å². The maximum absolute atomic E-state index is 4.02. The van der Waals surface area contributed by atoms with Crippen molar-refractivity contribution in [2.45, 2.75) is 5.41 Å². The van der Waals surface area contributed by atoms with Gasteiger partial charge in [0.25, 0.3) is 0 Å². The van der Waals surface area contributed by atoms with E-state index in [4.69, 9.17) is 0 Å². The highest BCUT2D eigenvalue weighted by molar-refractivity contribution is 5.99. The van der Waals surface area contributed by atoms with Crippen LogP contribution in [0, 0.1) is 0 Å². The molecular formula is C38H30N2. The third kappa shape index (κ3) is 3.29. The molecule has 192 valence electrons. The summed E-state index contributed by atoms with van der Waals surface area (Å²) < 4.78 is 0. The van der Waals surface area contributed by atoms with E-state index in [1.54, 1.807) is 0 Å². The SMILES string of the molecule is C=C/C=C(\C=C/NC)c1cccc2c1-c1ccccc1C21c2ccccc2N(c2ccccc2)c2ccccc21. The Hall–Kier alpha value is -5.08. The molecule has 0 unspecified atom stereocenters. The molecule has 0 saturated carbocycles. The zero-order valence-electron chi connectivity index (χ0n) is 22.5. The molecule has 0 radical (unpaired) electrons. The molecule has 1 aliphatic carbocycles. The third-order valence-electron chi connectivity index (χ3n) is 8.22. The predicted octanol–water partition coefficient (Wildman–Crippen LogP) is 9.14. The molecule has 0 bridgehead atoms. The molecule has 1 spiro atoms. The zero-order chi connectivity index (χ0) is 27.1. The Morgan fingerprint density at radius 1 is 0.675 bits per heavy atom. The summed E-state index contributed by atoms with van der Waals surface area (Å²) >= 11 is 0. The van der Waals surface area contributed by atoms with Crippen molar-refractivity contribution in [1.29, 1.82) is 0 Å². The topological polar surface area (TPSA) is 15.3 Å². The second-order valence-electron chi connectivity index (χ2n) is 10.2. The summed E-state index contributed by atoms with van der Waals surface area (Å²) in [6.45, 7) is 4.02. The van der Waals surface area contributed by atoms with Crippen molar-refractivity contribution in [2.75, 3.05) is 11.9 Å². The van der Waals surface area contributed by atoms with Gasteiger partial charge in [0.05, 0.1) is 16.8 Å². The van der Waals surface area contributed by atoms with Crippen molar-refractivity contribution in [3.8, 4) is 11.1 Å². The molecule has 1 N–H and O–H groups in total. The number of hydrogen-bond donors (Lipinski definition) is 1. The first kappa shape index (κ1) is 24.0. The van der Waals surface area contributed by atoms with Gasteiger partial charge in [-0.3, -0.25) is 0 Å². The van der Waals surface area contributed by atoms with E-state index < -0.39 is 5.41 Å². The van der Waals surface area contributed by atoms with Crippen molar-refractivity contribution in [3.05, 3.63) is 180 Å². The Morgan fingerprint density at radius 3 is 1.95 bits per heavy atom. The lowest BCUT2D eigenvalue weighted by Gasteiger charge is -2.45. The van der Waals surface area contributed by atoms with E-state index in [0.29, 0.717) is 0 Å². The predicted molar refractivity (Wildman–Crippen MR) is 168 cm³/mol. The highest BCUT2D eigenvalue weighted by Crippen LogP contribution is 2.64. The standard InChI is InChI=1S/C38H30N2/c1-3-14-27(25-26-39-2)29-18-13-22-34-37(29)30-17-7-8-19-31(30)38(34)32-20-9-11-23-35(32)40(28-15-5-4-6-16-28)36-24-12-10-21-33(36)38/h3-26,39H,1H2,2H3/b26-25-,27-14+. The van der Waals surface area contributed by atoms with E-state index >= 15 is 0 Å². The van der Waals surface area contributed by atoms with Crippen LogP contribution in [0.3, 0.4) is 0 Å². The fraction of sp³-hybridized carbons (Fsp3) is 0.0526. The summed E-state index contributed by atoms with van der Waals surface area (Å²) in [5, 5.41) is 3.16. The molecule has 2 aliphatic rings. The van der Waals surface area contributed by atoms with E-state index in [0.717, 1.165) is 11.3 Å². The molecule has 5 aromatic carbocycles. The van der Waals surface area contributed by atoms with E-state index in [1.807, 2.05) is 19.3 Å². The molecule has 1 aliphatic heterocycles. The Morgan fingerprint density at radius 2 is 1.27 bits per heavy atom. The Bertz CT molecular complexity index is 1760. The summed E-state index contributed by atoms with van der Waals surface area (Å²) in [5.74, 6) is 0. The average molecular weight is 515 g/mol. The molecule has 1 heterocycles. The van der Waals surface area contributed by atoms with Crippen LogP contribution in [0.5, 0.6) is 0 Å². The Kier molecular flexibility index (Phi) is 5.75. The minimum Gasteiger partial charge on any atom is -0.394 e. The number of hydrogen-bond acceptors (Lipinski definition) is 2. The Labute approximate surface area is 236 Å². The monoisotopic (exact) mass is 514 g/mol. The normalized spacial score (nSPS) is 14.4. The van der Waals surface area contributed by atoms with Gasteiger partial charge in [-0.15, -0.1) is 0 Å². The van der Waals surface area contributed by atoms with Crippen molar-refractivity contribution < 1.29 is 0 Å². The molecule has 5 aromatic rings. The first-order valence-corrected chi connectivity index (χ1v) is 13.7. The third-order valence-corrected chi connectivity index (χ3v) is 8.22. The molecule has 0 aromatic heterocycles. The van der Waals surface area contributed by atoms with E-state index in [1.165, 1.54) is 50.3 Å². The number of nitrogens with zero attached hydrogens (tertiary/aromatic N) is 1. The van der Waals surface area contributed by atoms with Crippen LogP contribution >= 0.6 is 0 Å². The summed E-state index contributed by atoms with van der Waals surface area (Å²) in [5.41, 5.74) is 13.2. The molecule has 0 fully saturated rings. The van der Waals surface area contributed by atoms with Crippen LogP contribution in [0.25, 0.3) is 16.7 Å². The maximum Gasteiger partial charge on any atom is 0.0754 e. The van der Waals surface area contributed by atoms with E-state index in [-0.39, 0.29) is 0 Å². The van der Waals surface area contributed by atoms with Crippen LogP contribution in [0.2, 0.25) is 0 Å². The molecule has 0 atom stereocenters. The van der Waals surface area contributed by atoms with Gasteiger partial charge in [-0.05, 0) is 81.1 Å². The van der Waals surface area contributed by atoms with Crippen LogP contribution in [-0.4, -0.2) is 7.05 Å². The van der Waals surface area contributed by atoms with Gasteiger partial charge in [0.15, 0.2) is 0 Å². The number of para-hydroxylation sites is 3. The molecule has 0 amide bonds. The molecule has 7 rings (SSSR count). The van der Waals surface area contributed by atoms with Crippen LogP contribution in [0.4, 0.5) is 17.1 Å². The van der Waals surface area contributed by atoms with Crippen LogP contribution < -0.4 is 10.2 Å². The molecule has 2 nitrogen and oxygen atoms in total. The van der Waals surface area contributed by atoms with Crippen molar-refractivity contribution in [2.24, 2.45) is 0 Å². The number of allylic oxidation sites excluding steroid dienone is 4. The Balaban J connectivity index is 1.62. The maximum atomic E-state index is 4.02. The van der Waals surface area contributed by atoms with Crippen LogP contribution in [0.15, 0.2) is 152 Å². The number of nitrogens with one attached hydrogen (secondary N) is 1. The minimum atomic E-state index is -0.452. The summed E-state index contributed by atoms with van der Waals surface area (Å²) in [6.07, 6.45) is 8.07. The molecular weight excluding hydrogens is 484 g/mol. The fourth-order valence-corrected chi connectivity index (χ4v) is 6.79. The van der Waals surface area contributed by atoms with Gasteiger partial charge in [0.2, 0.25) is 0 Å². The van der Waals surface area contributed by atoms with Crippen LogP contribution in [-0.2, 0) is 5.41 Å². The first-order chi connectivity index (χ1) is 19.8. The smallest absolute Gasteiger partial charge is 0.0754 e. The molecule has 2 heteroatoms. The number of fused-ring (bicyclic) bond motifs is 9. The van der Waals surface area contributed by atoms with Gasteiger partial charge in [0, 0.05) is 12.7 Å². The van der Waals surface area contributed by atoms with E-state index in [2.05, 4.69) is 150 Å². The van der Waals surface area contributed by atoms with Crippen molar-refractivity contribution in [1.82, 2.24) is 5.32 Å². The number of benzene rings is 5. The minimum absolute atomic E-state index is 0.452. The van der Waals surface area contributed by atoms with Crippen LogP contribution in [0.1, 0.15) is 27.8 Å². The fourth-order valence-electron chi connectivity index (χ4n) is 6.79. The van der Waals surface area contributed by atoms with Gasteiger partial charge in [-0.1, -0.05) is 116 Å². The number of anilines is 3. The van der Waals surface area contributed by atoms with Gasteiger partial charge < -0.3 is 10.2 Å². The second kappa shape index (κ2) is 9.59. The van der Waals surface area contributed by atoms with Crippen molar-refractivity contribution >= 4 is 22.6 Å². The number of rotatable bonds is 5. The quantitative estimate of drug-likeness (QED) is 0.230. The molecule has 40 heavy (non-hydrogen) atoms. The highest BCUT2D eigenvalue weighted by Gasteiger charge is 2.52. The summed E-state index contributed by atoms with van der Waals surface area (Å²) in [6, 6.07) is 44.3. The molecule has 0 saturated heterocycles. The lowest BCUT2D eigenvalue weighted by atomic mass is 9.64. The first-order valence-electron chi connectivity index (χ1n) is 13.7. The van der Waals surface area contributed by atoms with Gasteiger partial charge in [0.1, 0.15) is 0 Å². The van der Waals surface area contributed by atoms with Crippen molar-refractivity contribution in [3.63, 3.8) is 0 Å². The van der Waals surface area contributed by atoms with E-state index in [9.17, 15) is 0 Å². The lowest BCUT2D eigenvalue weighted by molar-refractivity contribution is 0.752. The summed E-state index contributed by atoms with van der Waals surface area (Å²) in [7, 11) is 1.93. The second-order valence-corrected chi connectivity index (χ2v) is 10.2. The highest BCUT2D eigenvalue weighted by atomic mass is 15.2. The lowest BCUT2D eigenvalue weighted by Crippen LogP contribution is -2.36. The average Bonchev–Trinajstić information content (AvgIpc) is 3.31. The van der Waals surface area contributed by atoms with Gasteiger partial charge in [-0.2, -0.15) is 0 Å². The summed E-state index contributed by atoms with van der Waals surface area (Å²) in [4.78, 5) is 2.42. The largest absolute Gasteiger partial charge is 0.394 e.